The number of rotatable bonds is 3. The van der Waals surface area contributed by atoms with E-state index in [9.17, 15) is 0 Å². The van der Waals surface area contributed by atoms with E-state index in [2.05, 4.69) is 57.5 Å². The van der Waals surface area contributed by atoms with Crippen LogP contribution < -0.4 is 0 Å². The fraction of sp³-hybridized carbons (Fsp3) is 0.308. The molecule has 0 saturated heterocycles. The highest BCUT2D eigenvalue weighted by Gasteiger charge is 2.07. The van der Waals surface area contributed by atoms with Crippen molar-refractivity contribution < 1.29 is 0 Å². The number of aromatic nitrogens is 2. The Morgan fingerprint density at radius 3 is 2.88 bits per heavy atom. The maximum atomic E-state index is 4.36. The summed E-state index contributed by atoms with van der Waals surface area (Å²) >= 11 is 3.54. The summed E-state index contributed by atoms with van der Waals surface area (Å²) in [5, 5.41) is 0.866. The zero-order chi connectivity index (χ0) is 11.5. The third-order valence-electron chi connectivity index (χ3n) is 2.67. The standard InChI is InChI=1S/C13H15BrN2/c1-3-13-15-6-7-16(13)12-5-4-10(2)8-11(12)9-14/h4-8H,3,9H2,1-2H3. The third kappa shape index (κ3) is 2.05. The van der Waals surface area contributed by atoms with Gasteiger partial charge in [0, 0.05) is 24.1 Å². The summed E-state index contributed by atoms with van der Waals surface area (Å²) in [4.78, 5) is 4.36. The van der Waals surface area contributed by atoms with Gasteiger partial charge in [-0.3, -0.25) is 0 Å². The van der Waals surface area contributed by atoms with Crippen LogP contribution in [-0.4, -0.2) is 9.55 Å². The summed E-state index contributed by atoms with van der Waals surface area (Å²) in [6.07, 6.45) is 4.83. The van der Waals surface area contributed by atoms with Crippen LogP contribution in [0, 0.1) is 6.92 Å². The van der Waals surface area contributed by atoms with E-state index in [0.717, 1.165) is 17.6 Å². The lowest BCUT2D eigenvalue weighted by Gasteiger charge is -2.11. The van der Waals surface area contributed by atoms with Gasteiger partial charge in [-0.1, -0.05) is 40.5 Å². The van der Waals surface area contributed by atoms with Gasteiger partial charge in [0.05, 0.1) is 5.69 Å². The van der Waals surface area contributed by atoms with Gasteiger partial charge in [0.1, 0.15) is 5.82 Å². The minimum absolute atomic E-state index is 0.866. The number of nitrogens with zero attached hydrogens (tertiary/aromatic N) is 2. The molecule has 1 aromatic carbocycles. The fourth-order valence-electron chi connectivity index (χ4n) is 1.87. The number of alkyl halides is 1. The second-order valence-corrected chi connectivity index (χ2v) is 4.39. The predicted octanol–water partition coefficient (Wildman–Crippen LogP) is 3.64. The second-order valence-electron chi connectivity index (χ2n) is 3.83. The molecular formula is C13H15BrN2. The summed E-state index contributed by atoms with van der Waals surface area (Å²) in [6, 6.07) is 6.51. The molecule has 1 heterocycles. The minimum atomic E-state index is 0.866. The van der Waals surface area contributed by atoms with Crippen molar-refractivity contribution >= 4 is 15.9 Å². The summed E-state index contributed by atoms with van der Waals surface area (Å²) in [6.45, 7) is 4.24. The van der Waals surface area contributed by atoms with Crippen LogP contribution in [0.15, 0.2) is 30.6 Å². The zero-order valence-corrected chi connectivity index (χ0v) is 11.2. The van der Waals surface area contributed by atoms with Crippen LogP contribution in [0.1, 0.15) is 23.9 Å². The molecule has 0 radical (unpaired) electrons. The molecule has 0 spiro atoms. The molecule has 2 rings (SSSR count). The normalized spacial score (nSPS) is 10.7. The summed E-state index contributed by atoms with van der Waals surface area (Å²) < 4.78 is 2.16. The average Bonchev–Trinajstić information content (AvgIpc) is 2.76. The molecule has 0 aliphatic heterocycles. The van der Waals surface area contributed by atoms with Crippen LogP contribution in [0.5, 0.6) is 0 Å². The highest BCUT2D eigenvalue weighted by atomic mass is 79.9. The van der Waals surface area contributed by atoms with Crippen molar-refractivity contribution in [1.82, 2.24) is 9.55 Å². The van der Waals surface area contributed by atoms with Gasteiger partial charge in [-0.15, -0.1) is 0 Å². The second kappa shape index (κ2) is 4.83. The molecule has 16 heavy (non-hydrogen) atoms. The molecule has 0 aliphatic carbocycles. The highest BCUT2D eigenvalue weighted by molar-refractivity contribution is 9.08. The van der Waals surface area contributed by atoms with E-state index in [1.165, 1.54) is 16.8 Å². The van der Waals surface area contributed by atoms with E-state index in [1.807, 2.05) is 12.4 Å². The minimum Gasteiger partial charge on any atom is -0.303 e. The van der Waals surface area contributed by atoms with E-state index in [4.69, 9.17) is 0 Å². The van der Waals surface area contributed by atoms with Gasteiger partial charge in [-0.05, 0) is 18.6 Å². The first-order valence-electron chi connectivity index (χ1n) is 5.44. The molecule has 0 unspecified atom stereocenters. The first-order valence-corrected chi connectivity index (χ1v) is 6.56. The molecule has 84 valence electrons. The van der Waals surface area contributed by atoms with Gasteiger partial charge < -0.3 is 4.57 Å². The van der Waals surface area contributed by atoms with Crippen LogP contribution in [0.2, 0.25) is 0 Å². The predicted molar refractivity (Wildman–Crippen MR) is 70.3 cm³/mol. The molecule has 0 N–H and O–H groups in total. The monoisotopic (exact) mass is 278 g/mol. The molecule has 0 amide bonds. The van der Waals surface area contributed by atoms with Crippen LogP contribution >= 0.6 is 15.9 Å². The molecule has 0 bridgehead atoms. The van der Waals surface area contributed by atoms with Crippen LogP contribution in [0.3, 0.4) is 0 Å². The summed E-state index contributed by atoms with van der Waals surface area (Å²) in [5.74, 6) is 1.10. The Morgan fingerprint density at radius 1 is 1.38 bits per heavy atom. The smallest absolute Gasteiger partial charge is 0.112 e. The molecular weight excluding hydrogens is 264 g/mol. The number of halogens is 1. The van der Waals surface area contributed by atoms with Gasteiger partial charge >= 0.3 is 0 Å². The van der Waals surface area contributed by atoms with Gasteiger partial charge in [0.15, 0.2) is 0 Å². The largest absolute Gasteiger partial charge is 0.303 e. The van der Waals surface area contributed by atoms with E-state index in [0.29, 0.717) is 0 Å². The van der Waals surface area contributed by atoms with E-state index in [-0.39, 0.29) is 0 Å². The average molecular weight is 279 g/mol. The first-order chi connectivity index (χ1) is 7.76. The van der Waals surface area contributed by atoms with Crippen molar-refractivity contribution in [3.63, 3.8) is 0 Å². The number of hydrogen-bond acceptors (Lipinski definition) is 1. The first kappa shape index (κ1) is 11.4. The van der Waals surface area contributed by atoms with E-state index >= 15 is 0 Å². The Hall–Kier alpha value is -1.09. The van der Waals surface area contributed by atoms with Crippen molar-refractivity contribution in [2.24, 2.45) is 0 Å². The Balaban J connectivity index is 2.55. The van der Waals surface area contributed by atoms with E-state index in [1.54, 1.807) is 0 Å². The zero-order valence-electron chi connectivity index (χ0n) is 9.57. The Kier molecular flexibility index (Phi) is 3.44. The van der Waals surface area contributed by atoms with Gasteiger partial charge in [-0.25, -0.2) is 4.98 Å². The molecule has 3 heteroatoms. The SMILES string of the molecule is CCc1nccn1-c1ccc(C)cc1CBr. The summed E-state index contributed by atoms with van der Waals surface area (Å²) in [5.41, 5.74) is 3.81. The van der Waals surface area contributed by atoms with E-state index < -0.39 is 0 Å². The van der Waals surface area contributed by atoms with Crippen molar-refractivity contribution in [2.75, 3.05) is 0 Å². The number of benzene rings is 1. The Morgan fingerprint density at radius 2 is 2.19 bits per heavy atom. The van der Waals surface area contributed by atoms with Crippen molar-refractivity contribution in [2.45, 2.75) is 25.6 Å². The molecule has 0 aliphatic rings. The molecule has 2 nitrogen and oxygen atoms in total. The highest BCUT2D eigenvalue weighted by Crippen LogP contribution is 2.20. The maximum Gasteiger partial charge on any atom is 0.112 e. The number of aryl methyl sites for hydroxylation is 2. The molecule has 0 fully saturated rings. The fourth-order valence-corrected chi connectivity index (χ4v) is 2.32. The van der Waals surface area contributed by atoms with Crippen LogP contribution in [0.4, 0.5) is 0 Å². The Bertz CT molecular complexity index is 488. The number of imidazole rings is 1. The number of hydrogen-bond donors (Lipinski definition) is 0. The lowest BCUT2D eigenvalue weighted by molar-refractivity contribution is 0.885. The Labute approximate surface area is 104 Å². The van der Waals surface area contributed by atoms with Crippen molar-refractivity contribution in [3.05, 3.63) is 47.5 Å². The van der Waals surface area contributed by atoms with Gasteiger partial charge in [0.2, 0.25) is 0 Å². The van der Waals surface area contributed by atoms with Gasteiger partial charge in [-0.2, -0.15) is 0 Å². The molecule has 0 saturated carbocycles. The van der Waals surface area contributed by atoms with Crippen LogP contribution in [0.25, 0.3) is 5.69 Å². The maximum absolute atomic E-state index is 4.36. The molecule has 2 aromatic rings. The lowest BCUT2D eigenvalue weighted by atomic mass is 10.1. The molecule has 1 aromatic heterocycles. The summed E-state index contributed by atoms with van der Waals surface area (Å²) in [7, 11) is 0. The third-order valence-corrected chi connectivity index (χ3v) is 3.28. The quantitative estimate of drug-likeness (QED) is 0.784. The van der Waals surface area contributed by atoms with Crippen molar-refractivity contribution in [1.29, 1.82) is 0 Å². The van der Waals surface area contributed by atoms with Crippen molar-refractivity contribution in [3.8, 4) is 5.69 Å². The molecule has 0 atom stereocenters. The lowest BCUT2D eigenvalue weighted by Crippen LogP contribution is -2.02. The van der Waals surface area contributed by atoms with Crippen LogP contribution in [-0.2, 0) is 11.8 Å². The van der Waals surface area contributed by atoms with Gasteiger partial charge in [0.25, 0.3) is 0 Å². The topological polar surface area (TPSA) is 17.8 Å².